The fourth-order valence-electron chi connectivity index (χ4n) is 1.63. The molecule has 1 nitrogen and oxygen atoms in total. The number of fused-ring (bicyclic) bond motifs is 1. The molecule has 0 amide bonds. The predicted molar refractivity (Wildman–Crippen MR) is 51.0 cm³/mol. The van der Waals surface area contributed by atoms with Gasteiger partial charge in [0.15, 0.2) is 0 Å². The van der Waals surface area contributed by atoms with Crippen LogP contribution in [-0.2, 0) is 24.7 Å². The second-order valence-electron chi connectivity index (χ2n) is 3.50. The molecule has 0 atom stereocenters. The van der Waals surface area contributed by atoms with Crippen molar-refractivity contribution in [1.29, 1.82) is 0 Å². The van der Waals surface area contributed by atoms with Gasteiger partial charge in [0.05, 0.1) is 0 Å². The van der Waals surface area contributed by atoms with Gasteiger partial charge in [-0.3, -0.25) is 0 Å². The minimum atomic E-state index is 0.942. The second kappa shape index (κ2) is 3.34. The molecule has 1 heterocycles. The van der Waals surface area contributed by atoms with Crippen molar-refractivity contribution in [2.75, 3.05) is 6.54 Å². The molecule has 0 spiro atoms. The Morgan fingerprint density at radius 3 is 2.69 bits per heavy atom. The molecule has 1 aliphatic heterocycles. The molecule has 0 unspecified atom stereocenters. The molecule has 0 N–H and O–H groups in total. The van der Waals surface area contributed by atoms with Crippen LogP contribution in [0.15, 0.2) is 17.1 Å². The van der Waals surface area contributed by atoms with Crippen LogP contribution in [0.1, 0.15) is 22.3 Å². The van der Waals surface area contributed by atoms with Gasteiger partial charge in [-0.05, 0) is 0 Å². The van der Waals surface area contributed by atoms with Gasteiger partial charge in [0.25, 0.3) is 0 Å². The van der Waals surface area contributed by atoms with Crippen LogP contribution in [0.2, 0.25) is 0 Å². The SMILES string of the molecule is Cc1cc2c(cc1C)[C]([Ru])=NCC2. The Balaban J connectivity index is 2.61. The van der Waals surface area contributed by atoms with E-state index < -0.39 is 0 Å². The van der Waals surface area contributed by atoms with Crippen LogP contribution < -0.4 is 0 Å². The first-order valence-corrected chi connectivity index (χ1v) is 5.34. The minimum absolute atomic E-state index is 0.942. The molecule has 1 aromatic rings. The van der Waals surface area contributed by atoms with Gasteiger partial charge in [0.1, 0.15) is 0 Å². The van der Waals surface area contributed by atoms with Crippen LogP contribution in [0, 0.1) is 13.8 Å². The summed E-state index contributed by atoms with van der Waals surface area (Å²) in [7, 11) is 0. The van der Waals surface area contributed by atoms with Gasteiger partial charge in [0.2, 0.25) is 0 Å². The van der Waals surface area contributed by atoms with Crippen molar-refractivity contribution in [1.82, 2.24) is 0 Å². The standard InChI is InChI=1S/C11H12N.Ru/c1-8-5-10-3-4-12-7-11(10)6-9(8)2;/h5-6H,3-4H2,1-2H3;. The van der Waals surface area contributed by atoms with Crippen molar-refractivity contribution in [3.63, 3.8) is 0 Å². The molecule has 0 fully saturated rings. The van der Waals surface area contributed by atoms with E-state index in [1.54, 1.807) is 0 Å². The van der Waals surface area contributed by atoms with E-state index >= 15 is 0 Å². The summed E-state index contributed by atoms with van der Waals surface area (Å²) in [5.74, 6) is 0. The molecular weight excluding hydrogens is 247 g/mol. The molecule has 1 aromatic carbocycles. The van der Waals surface area contributed by atoms with Crippen LogP contribution in [0.25, 0.3) is 0 Å². The number of aryl methyl sites for hydroxylation is 2. The van der Waals surface area contributed by atoms with Crippen LogP contribution >= 0.6 is 0 Å². The van der Waals surface area contributed by atoms with Crippen LogP contribution in [0.3, 0.4) is 0 Å². The molecule has 2 rings (SSSR count). The van der Waals surface area contributed by atoms with Gasteiger partial charge in [-0.25, -0.2) is 0 Å². The van der Waals surface area contributed by atoms with E-state index in [1.807, 2.05) is 0 Å². The van der Waals surface area contributed by atoms with E-state index in [1.165, 1.54) is 22.3 Å². The van der Waals surface area contributed by atoms with Crippen molar-refractivity contribution in [2.45, 2.75) is 20.3 Å². The molecule has 0 saturated heterocycles. The summed E-state index contributed by atoms with van der Waals surface area (Å²) in [6, 6.07) is 4.55. The van der Waals surface area contributed by atoms with Gasteiger partial charge in [-0.15, -0.1) is 0 Å². The zero-order valence-electron chi connectivity index (χ0n) is 7.87. The van der Waals surface area contributed by atoms with E-state index in [9.17, 15) is 0 Å². The monoisotopic (exact) mass is 260 g/mol. The number of rotatable bonds is 0. The summed E-state index contributed by atoms with van der Waals surface area (Å²) >= 11 is 2.62. The van der Waals surface area contributed by atoms with E-state index in [2.05, 4.69) is 49.3 Å². The Hall–Kier alpha value is -0.487. The fourth-order valence-corrected chi connectivity index (χ4v) is 2.22. The third kappa shape index (κ3) is 1.60. The molecule has 1 aliphatic rings. The van der Waals surface area contributed by atoms with Crippen LogP contribution in [0.5, 0.6) is 0 Å². The molecule has 69 valence electrons. The predicted octanol–water partition coefficient (Wildman–Crippen LogP) is 2.15. The topological polar surface area (TPSA) is 12.4 Å². The van der Waals surface area contributed by atoms with Crippen molar-refractivity contribution >= 4 is 4.31 Å². The Bertz CT molecular complexity index is 380. The summed E-state index contributed by atoms with van der Waals surface area (Å²) in [6.45, 7) is 5.27. The summed E-state index contributed by atoms with van der Waals surface area (Å²) in [5, 5.41) is 0. The summed E-state index contributed by atoms with van der Waals surface area (Å²) in [6.07, 6.45) is 1.09. The first kappa shape index (κ1) is 9.08. The Kier molecular flexibility index (Phi) is 2.34. The van der Waals surface area contributed by atoms with Crippen molar-refractivity contribution in [2.24, 2.45) is 4.99 Å². The molecule has 2 heteroatoms. The quantitative estimate of drug-likeness (QED) is 0.633. The zero-order chi connectivity index (χ0) is 9.42. The van der Waals surface area contributed by atoms with E-state index in [-0.39, 0.29) is 0 Å². The third-order valence-electron chi connectivity index (χ3n) is 2.56. The zero-order valence-corrected chi connectivity index (χ0v) is 9.61. The van der Waals surface area contributed by atoms with Crippen molar-refractivity contribution < 1.29 is 18.3 Å². The van der Waals surface area contributed by atoms with E-state index in [4.69, 9.17) is 0 Å². The van der Waals surface area contributed by atoms with Gasteiger partial charge in [-0.2, -0.15) is 0 Å². The van der Waals surface area contributed by atoms with E-state index in [0.717, 1.165) is 17.3 Å². The Labute approximate surface area is 88.9 Å². The third-order valence-corrected chi connectivity index (χ3v) is 3.31. The molecular formula is C11H12NRu. The molecule has 0 aromatic heterocycles. The Morgan fingerprint density at radius 2 is 1.92 bits per heavy atom. The molecule has 0 saturated carbocycles. The van der Waals surface area contributed by atoms with Crippen LogP contribution in [0.4, 0.5) is 0 Å². The van der Waals surface area contributed by atoms with Crippen molar-refractivity contribution in [3.05, 3.63) is 34.4 Å². The normalized spacial score (nSPS) is 15.2. The number of benzene rings is 1. The second-order valence-corrected chi connectivity index (χ2v) is 4.33. The van der Waals surface area contributed by atoms with Crippen molar-refractivity contribution in [3.8, 4) is 0 Å². The van der Waals surface area contributed by atoms with Crippen LogP contribution in [-0.4, -0.2) is 10.9 Å². The first-order valence-electron chi connectivity index (χ1n) is 4.47. The summed E-state index contributed by atoms with van der Waals surface area (Å²) < 4.78 is 1.13. The molecule has 0 bridgehead atoms. The van der Waals surface area contributed by atoms with Gasteiger partial charge in [0, 0.05) is 0 Å². The number of hydrogen-bond donors (Lipinski definition) is 0. The average Bonchev–Trinajstić information content (AvgIpc) is 2.09. The summed E-state index contributed by atoms with van der Waals surface area (Å²) in [5.41, 5.74) is 5.52. The average molecular weight is 259 g/mol. The first-order chi connectivity index (χ1) is 6.18. The number of nitrogens with zero attached hydrogens (tertiary/aromatic N) is 1. The molecule has 0 radical (unpaired) electrons. The van der Waals surface area contributed by atoms with E-state index in [0.29, 0.717) is 0 Å². The Morgan fingerprint density at radius 1 is 1.23 bits per heavy atom. The fraction of sp³-hybridized carbons (Fsp3) is 0.364. The summed E-state index contributed by atoms with van der Waals surface area (Å²) in [4.78, 5) is 4.43. The maximum absolute atomic E-state index is 4.43. The molecule has 0 aliphatic carbocycles. The van der Waals surface area contributed by atoms with Gasteiger partial charge in [-0.1, -0.05) is 0 Å². The number of aliphatic imine (C=N–C) groups is 1. The van der Waals surface area contributed by atoms with Gasteiger partial charge >= 0.3 is 88.8 Å². The number of hydrogen-bond acceptors (Lipinski definition) is 1. The maximum atomic E-state index is 4.43. The van der Waals surface area contributed by atoms with Gasteiger partial charge < -0.3 is 0 Å². The molecule has 13 heavy (non-hydrogen) atoms.